The normalized spacial score (nSPS) is 10.8. The maximum Gasteiger partial charge on any atom is 0.121 e. The maximum atomic E-state index is 10.3. The fourth-order valence-electron chi connectivity index (χ4n) is 2.45. The van der Waals surface area contributed by atoms with E-state index in [2.05, 4.69) is 32.9 Å². The van der Waals surface area contributed by atoms with Crippen molar-refractivity contribution < 1.29 is 5.11 Å². The van der Waals surface area contributed by atoms with Crippen LogP contribution in [0.2, 0.25) is 0 Å². The van der Waals surface area contributed by atoms with Crippen LogP contribution in [0.5, 0.6) is 5.75 Å². The summed E-state index contributed by atoms with van der Waals surface area (Å²) in [6, 6.07) is 4.29. The minimum absolute atomic E-state index is 0.563. The Hall–Kier alpha value is -0.980. The summed E-state index contributed by atoms with van der Waals surface area (Å²) in [4.78, 5) is 0. The molecule has 0 saturated carbocycles. The van der Waals surface area contributed by atoms with Crippen molar-refractivity contribution in [1.29, 1.82) is 0 Å². The molecule has 0 aromatic heterocycles. The summed E-state index contributed by atoms with van der Waals surface area (Å²) in [5, 5.41) is 10.3. The van der Waals surface area contributed by atoms with E-state index in [1.807, 2.05) is 0 Å². The molecule has 1 nitrogen and oxygen atoms in total. The average Bonchev–Trinajstić information content (AvgIpc) is 2.35. The van der Waals surface area contributed by atoms with Crippen LogP contribution in [0.3, 0.4) is 0 Å². The predicted molar refractivity (Wildman–Crippen MR) is 79.3 cm³/mol. The number of rotatable bonds is 8. The van der Waals surface area contributed by atoms with Crippen molar-refractivity contribution in [1.82, 2.24) is 0 Å². The fraction of sp³-hybridized carbons (Fsp3) is 0.647. The smallest absolute Gasteiger partial charge is 0.121 e. The number of aryl methyl sites for hydroxylation is 3. The predicted octanol–water partition coefficient (Wildman–Crippen LogP) is 5.17. The van der Waals surface area contributed by atoms with Crippen molar-refractivity contribution in [3.05, 3.63) is 28.8 Å². The molecular formula is C17H28O. The van der Waals surface area contributed by atoms with E-state index in [1.165, 1.54) is 44.1 Å². The highest BCUT2D eigenvalue weighted by molar-refractivity contribution is 5.43. The van der Waals surface area contributed by atoms with E-state index in [0.717, 1.165) is 24.0 Å². The first-order valence-electron chi connectivity index (χ1n) is 7.50. The van der Waals surface area contributed by atoms with Gasteiger partial charge in [0.2, 0.25) is 0 Å². The summed E-state index contributed by atoms with van der Waals surface area (Å²) in [5.41, 5.74) is 3.58. The Labute approximate surface area is 112 Å². The zero-order chi connectivity index (χ0) is 13.4. The Morgan fingerprint density at radius 1 is 0.833 bits per heavy atom. The van der Waals surface area contributed by atoms with E-state index in [9.17, 15) is 5.11 Å². The van der Waals surface area contributed by atoms with Crippen molar-refractivity contribution in [2.75, 3.05) is 0 Å². The van der Waals surface area contributed by atoms with Gasteiger partial charge in [0.15, 0.2) is 0 Å². The highest BCUT2D eigenvalue weighted by atomic mass is 16.3. The first-order chi connectivity index (χ1) is 8.69. The van der Waals surface area contributed by atoms with Crippen LogP contribution in [-0.4, -0.2) is 5.11 Å². The van der Waals surface area contributed by atoms with Gasteiger partial charge < -0.3 is 5.11 Å². The monoisotopic (exact) mass is 248 g/mol. The van der Waals surface area contributed by atoms with Gasteiger partial charge in [-0.3, -0.25) is 0 Å². The Balaban J connectivity index is 2.71. The molecule has 0 spiro atoms. The van der Waals surface area contributed by atoms with Gasteiger partial charge >= 0.3 is 0 Å². The minimum Gasteiger partial charge on any atom is -0.507 e. The fourth-order valence-corrected chi connectivity index (χ4v) is 2.45. The second-order valence-corrected chi connectivity index (χ2v) is 5.35. The molecule has 0 aliphatic rings. The number of hydrogen-bond acceptors (Lipinski definition) is 1. The molecule has 18 heavy (non-hydrogen) atoms. The van der Waals surface area contributed by atoms with Crippen molar-refractivity contribution in [3.8, 4) is 5.75 Å². The molecule has 0 amide bonds. The number of phenolic OH excluding ortho intramolecular Hbond substituents is 1. The molecule has 0 radical (unpaired) electrons. The molecule has 1 aromatic rings. The van der Waals surface area contributed by atoms with Crippen molar-refractivity contribution in [2.45, 2.75) is 72.1 Å². The van der Waals surface area contributed by atoms with Gasteiger partial charge in [0.25, 0.3) is 0 Å². The van der Waals surface area contributed by atoms with Gasteiger partial charge in [-0.15, -0.1) is 0 Å². The van der Waals surface area contributed by atoms with Crippen molar-refractivity contribution >= 4 is 0 Å². The van der Waals surface area contributed by atoms with Crippen molar-refractivity contribution in [3.63, 3.8) is 0 Å². The zero-order valence-electron chi connectivity index (χ0n) is 12.3. The molecule has 0 aliphatic carbocycles. The Morgan fingerprint density at radius 3 is 1.67 bits per heavy atom. The highest BCUT2D eigenvalue weighted by Crippen LogP contribution is 2.27. The van der Waals surface area contributed by atoms with Gasteiger partial charge in [-0.05, 0) is 43.7 Å². The van der Waals surface area contributed by atoms with Crippen LogP contribution >= 0.6 is 0 Å². The van der Waals surface area contributed by atoms with Gasteiger partial charge in [0.1, 0.15) is 5.75 Å². The SMILES string of the molecule is CCCCCc1cc(C)cc(CCCCC)c1O. The molecule has 1 N–H and O–H groups in total. The molecule has 0 atom stereocenters. The van der Waals surface area contributed by atoms with Crippen LogP contribution in [0.4, 0.5) is 0 Å². The summed E-state index contributed by atoms with van der Waals surface area (Å²) in [5.74, 6) is 0.563. The van der Waals surface area contributed by atoms with Crippen LogP contribution in [0, 0.1) is 6.92 Å². The molecule has 1 rings (SSSR count). The lowest BCUT2D eigenvalue weighted by Crippen LogP contribution is -1.94. The molecule has 0 saturated heterocycles. The van der Waals surface area contributed by atoms with Crippen LogP contribution in [-0.2, 0) is 12.8 Å². The molecule has 0 unspecified atom stereocenters. The third-order valence-corrected chi connectivity index (χ3v) is 3.51. The summed E-state index contributed by atoms with van der Waals surface area (Å²) in [7, 11) is 0. The van der Waals surface area contributed by atoms with E-state index in [4.69, 9.17) is 0 Å². The van der Waals surface area contributed by atoms with E-state index in [1.54, 1.807) is 0 Å². The highest BCUT2D eigenvalue weighted by Gasteiger charge is 2.08. The first-order valence-corrected chi connectivity index (χ1v) is 7.50. The second-order valence-electron chi connectivity index (χ2n) is 5.35. The molecule has 0 heterocycles. The largest absolute Gasteiger partial charge is 0.507 e. The zero-order valence-corrected chi connectivity index (χ0v) is 12.3. The third-order valence-electron chi connectivity index (χ3n) is 3.51. The number of phenols is 1. The number of unbranched alkanes of at least 4 members (excludes halogenated alkanes) is 4. The summed E-state index contributed by atoms with van der Waals surface area (Å²) >= 11 is 0. The number of aromatic hydroxyl groups is 1. The Bertz CT molecular complexity index is 324. The molecule has 0 bridgehead atoms. The maximum absolute atomic E-state index is 10.3. The van der Waals surface area contributed by atoms with Crippen molar-refractivity contribution in [2.24, 2.45) is 0 Å². The van der Waals surface area contributed by atoms with E-state index < -0.39 is 0 Å². The first kappa shape index (κ1) is 15.1. The van der Waals surface area contributed by atoms with Crippen LogP contribution < -0.4 is 0 Å². The second kappa shape index (κ2) is 8.18. The molecule has 1 aromatic carbocycles. The topological polar surface area (TPSA) is 20.2 Å². The van der Waals surface area contributed by atoms with Gasteiger partial charge in [0, 0.05) is 0 Å². The van der Waals surface area contributed by atoms with E-state index in [-0.39, 0.29) is 0 Å². The summed E-state index contributed by atoms with van der Waals surface area (Å²) in [6.45, 7) is 6.56. The van der Waals surface area contributed by atoms with E-state index >= 15 is 0 Å². The lowest BCUT2D eigenvalue weighted by atomic mass is 9.97. The molecular weight excluding hydrogens is 220 g/mol. The van der Waals surface area contributed by atoms with Gasteiger partial charge in [-0.2, -0.15) is 0 Å². The Morgan fingerprint density at radius 2 is 1.28 bits per heavy atom. The molecule has 102 valence electrons. The van der Waals surface area contributed by atoms with Crippen LogP contribution in [0.25, 0.3) is 0 Å². The quantitative estimate of drug-likeness (QED) is 0.629. The summed E-state index contributed by atoms with van der Waals surface area (Å²) in [6.07, 6.45) is 9.36. The minimum atomic E-state index is 0.563. The standard InChI is InChI=1S/C17H28O/c1-4-6-8-10-15-12-14(3)13-16(17(15)18)11-9-7-5-2/h12-13,18H,4-11H2,1-3H3. The van der Waals surface area contributed by atoms with Gasteiger partial charge in [-0.25, -0.2) is 0 Å². The molecule has 0 fully saturated rings. The van der Waals surface area contributed by atoms with Crippen LogP contribution in [0.1, 0.15) is 69.1 Å². The number of benzene rings is 1. The summed E-state index contributed by atoms with van der Waals surface area (Å²) < 4.78 is 0. The third kappa shape index (κ3) is 4.72. The Kier molecular flexibility index (Phi) is 6.85. The van der Waals surface area contributed by atoms with Gasteiger partial charge in [-0.1, -0.05) is 57.2 Å². The molecule has 0 aliphatic heterocycles. The number of hydrogen-bond donors (Lipinski definition) is 1. The molecule has 1 heteroatoms. The average molecular weight is 248 g/mol. The lowest BCUT2D eigenvalue weighted by Gasteiger charge is -2.11. The van der Waals surface area contributed by atoms with Crippen LogP contribution in [0.15, 0.2) is 12.1 Å². The lowest BCUT2D eigenvalue weighted by molar-refractivity contribution is 0.457. The van der Waals surface area contributed by atoms with E-state index in [0.29, 0.717) is 5.75 Å². The van der Waals surface area contributed by atoms with Gasteiger partial charge in [0.05, 0.1) is 0 Å².